The van der Waals surface area contributed by atoms with Crippen molar-refractivity contribution in [2.75, 3.05) is 53.7 Å². The van der Waals surface area contributed by atoms with Crippen molar-refractivity contribution in [1.29, 1.82) is 0 Å². The van der Waals surface area contributed by atoms with Gasteiger partial charge in [0.1, 0.15) is 18.8 Å². The molecule has 8 nitrogen and oxygen atoms in total. The zero-order valence-electron chi connectivity index (χ0n) is 39.8. The third-order valence-electron chi connectivity index (χ3n) is 11.6. The van der Waals surface area contributed by atoms with E-state index in [0.29, 0.717) is 32.8 Å². The monoisotopic (exact) mass is 837 g/mol. The van der Waals surface area contributed by atoms with Gasteiger partial charge in [0.15, 0.2) is 0 Å². The minimum absolute atomic E-state index is 0.151. The van der Waals surface area contributed by atoms with Crippen LogP contribution in [-0.2, 0) is 23.7 Å². The van der Waals surface area contributed by atoms with E-state index < -0.39 is 6.09 Å². The number of unbranched alkanes of at least 4 members (excludes halogenated alkanes) is 30. The molecule has 8 heteroatoms. The molecule has 1 N–H and O–H groups in total. The number of hydrogen-bond acceptors (Lipinski definition) is 7. The highest BCUT2D eigenvalue weighted by Crippen LogP contribution is 2.15. The summed E-state index contributed by atoms with van der Waals surface area (Å²) in [7, 11) is 3.85. The molecule has 0 spiro atoms. The van der Waals surface area contributed by atoms with Gasteiger partial charge in [-0.25, -0.2) is 4.79 Å². The first kappa shape index (κ1) is 57.4. The number of nitrogens with one attached hydrogen (secondary N) is 1. The maximum Gasteiger partial charge on any atom is 0.407 e. The van der Waals surface area contributed by atoms with Crippen LogP contribution < -0.4 is 5.32 Å². The van der Waals surface area contributed by atoms with Crippen molar-refractivity contribution in [2.24, 2.45) is 0 Å². The van der Waals surface area contributed by atoms with Crippen molar-refractivity contribution < 1.29 is 28.5 Å². The van der Waals surface area contributed by atoms with Crippen LogP contribution in [0.2, 0.25) is 0 Å². The first-order valence-electron chi connectivity index (χ1n) is 25.5. The molecular weight excluding hydrogens is 737 g/mol. The number of alkyl carbamates (subject to hydrolysis) is 1. The maximum atomic E-state index is 12.8. The van der Waals surface area contributed by atoms with E-state index in [9.17, 15) is 9.59 Å². The number of carbonyl (C=O) groups excluding carboxylic acids is 2. The van der Waals surface area contributed by atoms with E-state index in [2.05, 4.69) is 25.7 Å². The molecule has 0 saturated carbocycles. The van der Waals surface area contributed by atoms with Crippen molar-refractivity contribution in [1.82, 2.24) is 10.2 Å². The SMILES string of the molecule is C=CCCCCCCCCCOC(=O)C(CCCCNC(=O)OCC(COCCCCCCCCCCCCCC)OCCCCCCCCCCCCCC)N(C)C. The molecule has 0 radical (unpaired) electrons. The van der Waals surface area contributed by atoms with Gasteiger partial charge in [0.25, 0.3) is 0 Å². The normalized spacial score (nSPS) is 12.5. The van der Waals surface area contributed by atoms with Gasteiger partial charge in [0.2, 0.25) is 0 Å². The van der Waals surface area contributed by atoms with Gasteiger partial charge in [-0.05, 0) is 65.5 Å². The van der Waals surface area contributed by atoms with Gasteiger partial charge in [0, 0.05) is 19.8 Å². The second kappa shape index (κ2) is 47.4. The molecule has 350 valence electrons. The lowest BCUT2D eigenvalue weighted by Crippen LogP contribution is -2.37. The Balaban J connectivity index is 4.35. The summed E-state index contributed by atoms with van der Waals surface area (Å²) >= 11 is 0. The Morgan fingerprint density at radius 2 is 0.966 bits per heavy atom. The molecule has 0 rings (SSSR count). The second-order valence-corrected chi connectivity index (χ2v) is 17.6. The molecule has 0 bridgehead atoms. The van der Waals surface area contributed by atoms with Crippen LogP contribution in [0.15, 0.2) is 12.7 Å². The number of likely N-dealkylation sites (N-methyl/N-ethyl adjacent to an activating group) is 1. The number of nitrogens with zero attached hydrogens (tertiary/aromatic N) is 1. The number of allylic oxidation sites excluding steroid dienone is 1. The van der Waals surface area contributed by atoms with Crippen molar-refractivity contribution in [3.63, 3.8) is 0 Å². The Morgan fingerprint density at radius 3 is 1.44 bits per heavy atom. The highest BCUT2D eigenvalue weighted by atomic mass is 16.6. The summed E-state index contributed by atoms with van der Waals surface area (Å²) < 4.78 is 23.5. The van der Waals surface area contributed by atoms with E-state index >= 15 is 0 Å². The first-order valence-corrected chi connectivity index (χ1v) is 25.5. The minimum atomic E-state index is -0.426. The van der Waals surface area contributed by atoms with Crippen molar-refractivity contribution in [2.45, 2.75) is 251 Å². The minimum Gasteiger partial charge on any atom is -0.465 e. The molecule has 0 aromatic carbocycles. The number of rotatable bonds is 48. The van der Waals surface area contributed by atoms with Crippen LogP contribution in [0.3, 0.4) is 0 Å². The Hall–Kier alpha value is -1.64. The molecule has 0 aromatic rings. The maximum absolute atomic E-state index is 12.8. The molecule has 1 amide bonds. The lowest BCUT2D eigenvalue weighted by Gasteiger charge is -2.22. The third-order valence-corrected chi connectivity index (χ3v) is 11.6. The summed E-state index contributed by atoms with van der Waals surface area (Å²) in [5.41, 5.74) is 0. The summed E-state index contributed by atoms with van der Waals surface area (Å²) in [5.74, 6) is -0.151. The average Bonchev–Trinajstić information content (AvgIpc) is 3.23. The predicted molar refractivity (Wildman–Crippen MR) is 251 cm³/mol. The van der Waals surface area contributed by atoms with Crippen LogP contribution in [0, 0.1) is 0 Å². The fraction of sp³-hybridized carbons (Fsp3) is 0.922. The van der Waals surface area contributed by atoms with Crippen LogP contribution >= 0.6 is 0 Å². The fourth-order valence-corrected chi connectivity index (χ4v) is 7.60. The van der Waals surface area contributed by atoms with E-state index in [1.807, 2.05) is 25.1 Å². The zero-order valence-corrected chi connectivity index (χ0v) is 39.8. The van der Waals surface area contributed by atoms with Gasteiger partial charge in [-0.15, -0.1) is 6.58 Å². The van der Waals surface area contributed by atoms with Crippen LogP contribution in [0.1, 0.15) is 239 Å². The molecule has 0 aliphatic heterocycles. The van der Waals surface area contributed by atoms with Gasteiger partial charge in [-0.2, -0.15) is 0 Å². The number of carbonyl (C=O) groups is 2. The lowest BCUT2D eigenvalue weighted by atomic mass is 10.1. The van der Waals surface area contributed by atoms with E-state index in [1.54, 1.807) is 0 Å². The summed E-state index contributed by atoms with van der Waals surface area (Å²) in [6, 6.07) is -0.273. The smallest absolute Gasteiger partial charge is 0.407 e. The van der Waals surface area contributed by atoms with Crippen LogP contribution in [0.5, 0.6) is 0 Å². The Kier molecular flexibility index (Phi) is 46.1. The van der Waals surface area contributed by atoms with E-state index in [1.165, 1.54) is 173 Å². The summed E-state index contributed by atoms with van der Waals surface area (Å²) in [6.45, 7) is 11.4. The topological polar surface area (TPSA) is 86.3 Å². The van der Waals surface area contributed by atoms with E-state index in [4.69, 9.17) is 18.9 Å². The molecule has 2 unspecified atom stereocenters. The summed E-state index contributed by atoms with van der Waals surface area (Å²) in [5, 5.41) is 2.89. The second-order valence-electron chi connectivity index (χ2n) is 17.6. The van der Waals surface area contributed by atoms with Crippen molar-refractivity contribution in [3.8, 4) is 0 Å². The molecule has 0 heterocycles. The highest BCUT2D eigenvalue weighted by molar-refractivity contribution is 5.75. The lowest BCUT2D eigenvalue weighted by molar-refractivity contribution is -0.149. The van der Waals surface area contributed by atoms with Crippen molar-refractivity contribution >= 4 is 12.1 Å². The number of hydrogen-bond donors (Lipinski definition) is 1. The molecule has 2 atom stereocenters. The summed E-state index contributed by atoms with van der Waals surface area (Å²) in [4.78, 5) is 27.3. The standard InChI is InChI=1S/C51H100N2O6/c1-6-9-12-15-18-21-23-25-28-30-33-38-43-56-46-48(57-44-39-34-31-29-26-24-22-19-16-13-10-7-2)47-59-51(55)52-42-37-36-41-49(53(4)5)50(54)58-45-40-35-32-27-20-17-14-11-8-3/h8,48-49H,3,6-7,9-47H2,1-2,4-5H3,(H,52,55). The van der Waals surface area contributed by atoms with Gasteiger partial charge in [0.05, 0.1) is 13.2 Å². The molecule has 0 aromatic heterocycles. The van der Waals surface area contributed by atoms with Crippen molar-refractivity contribution in [3.05, 3.63) is 12.7 Å². The van der Waals surface area contributed by atoms with E-state index in [0.717, 1.165) is 51.6 Å². The number of esters is 1. The van der Waals surface area contributed by atoms with Crippen LogP contribution in [0.25, 0.3) is 0 Å². The van der Waals surface area contributed by atoms with Gasteiger partial charge in [-0.3, -0.25) is 9.69 Å². The molecule has 59 heavy (non-hydrogen) atoms. The van der Waals surface area contributed by atoms with Gasteiger partial charge < -0.3 is 24.3 Å². The highest BCUT2D eigenvalue weighted by Gasteiger charge is 2.22. The number of ether oxygens (including phenoxy) is 4. The van der Waals surface area contributed by atoms with Crippen LogP contribution in [-0.4, -0.2) is 82.8 Å². The third kappa shape index (κ3) is 42.8. The van der Waals surface area contributed by atoms with Crippen LogP contribution in [0.4, 0.5) is 4.79 Å². The molecule has 0 saturated heterocycles. The Bertz CT molecular complexity index is 886. The molecule has 0 aliphatic rings. The van der Waals surface area contributed by atoms with Gasteiger partial charge in [-0.1, -0.05) is 193 Å². The molecule has 0 fully saturated rings. The predicted octanol–water partition coefficient (Wildman–Crippen LogP) is 14.5. The Morgan fingerprint density at radius 1 is 0.525 bits per heavy atom. The molecular formula is C51H100N2O6. The van der Waals surface area contributed by atoms with Gasteiger partial charge >= 0.3 is 12.1 Å². The molecule has 0 aliphatic carbocycles. The first-order chi connectivity index (χ1) is 29.0. The summed E-state index contributed by atoms with van der Waals surface area (Å²) in [6.07, 6.45) is 44.5. The van der Waals surface area contributed by atoms with E-state index in [-0.39, 0.29) is 24.7 Å². The Labute approximate surface area is 366 Å². The average molecular weight is 837 g/mol. The largest absolute Gasteiger partial charge is 0.465 e. The quantitative estimate of drug-likeness (QED) is 0.0371. The number of amides is 1. The fourth-order valence-electron chi connectivity index (χ4n) is 7.60. The zero-order chi connectivity index (χ0) is 43.1.